The summed E-state index contributed by atoms with van der Waals surface area (Å²) in [7, 11) is 0. The lowest BCUT2D eigenvalue weighted by atomic mass is 10.1. The average Bonchev–Trinajstić information content (AvgIpc) is 2.27. The Labute approximate surface area is 90.6 Å². The Kier molecular flexibility index (Phi) is 1.77. The number of aromatic nitrogens is 2. The molecular formula is C12H8N2O2. The second kappa shape index (κ2) is 3.13. The van der Waals surface area contributed by atoms with Gasteiger partial charge in [0.15, 0.2) is 0 Å². The summed E-state index contributed by atoms with van der Waals surface area (Å²) in [5.41, 5.74) is 1.24. The molecule has 0 saturated carbocycles. The lowest BCUT2D eigenvalue weighted by molar-refractivity contribution is 0.529. The first kappa shape index (κ1) is 9.03. The lowest BCUT2D eigenvalue weighted by Gasteiger charge is -2.01. The zero-order valence-electron chi connectivity index (χ0n) is 8.60. The predicted octanol–water partition coefficient (Wildman–Crippen LogP) is 2.04. The van der Waals surface area contributed by atoms with Crippen molar-refractivity contribution in [2.45, 2.75) is 6.92 Å². The molecule has 78 valence electrons. The molecule has 0 bridgehead atoms. The minimum atomic E-state index is -0.562. The Balaban J connectivity index is 2.56. The summed E-state index contributed by atoms with van der Waals surface area (Å²) in [5, 5.41) is 2.86. The van der Waals surface area contributed by atoms with Crippen molar-refractivity contribution in [1.82, 2.24) is 9.97 Å². The van der Waals surface area contributed by atoms with Gasteiger partial charge < -0.3 is 4.42 Å². The molecule has 1 aromatic carbocycles. The van der Waals surface area contributed by atoms with Crippen molar-refractivity contribution in [3.63, 3.8) is 0 Å². The standard InChI is InChI=1S/C12H8N2O2/c1-7-10-4-8-2-3-13-6-9(8)5-11(10)16-12(15)14-7/h2-6H,1H3. The van der Waals surface area contributed by atoms with Crippen LogP contribution in [0.15, 0.2) is 39.8 Å². The molecule has 0 amide bonds. The molecule has 3 aromatic rings. The number of fused-ring (bicyclic) bond motifs is 2. The Morgan fingerprint density at radius 2 is 2.12 bits per heavy atom. The van der Waals surface area contributed by atoms with Crippen LogP contribution in [-0.4, -0.2) is 9.97 Å². The van der Waals surface area contributed by atoms with Crippen molar-refractivity contribution in [1.29, 1.82) is 0 Å². The van der Waals surface area contributed by atoms with Crippen LogP contribution in [0.3, 0.4) is 0 Å². The van der Waals surface area contributed by atoms with Crippen molar-refractivity contribution in [3.8, 4) is 0 Å². The van der Waals surface area contributed by atoms with Gasteiger partial charge in [-0.05, 0) is 30.5 Å². The molecule has 0 N–H and O–H groups in total. The van der Waals surface area contributed by atoms with Gasteiger partial charge in [0.05, 0.1) is 5.69 Å². The van der Waals surface area contributed by atoms with E-state index in [1.165, 1.54) is 0 Å². The molecule has 4 heteroatoms. The number of rotatable bonds is 0. The first-order valence-corrected chi connectivity index (χ1v) is 4.89. The number of benzene rings is 1. The molecular weight excluding hydrogens is 204 g/mol. The van der Waals surface area contributed by atoms with Gasteiger partial charge in [-0.2, -0.15) is 4.98 Å². The van der Waals surface area contributed by atoms with Crippen molar-refractivity contribution in [2.24, 2.45) is 0 Å². The van der Waals surface area contributed by atoms with Crippen molar-refractivity contribution in [3.05, 3.63) is 46.8 Å². The number of pyridine rings is 1. The molecule has 0 saturated heterocycles. The van der Waals surface area contributed by atoms with Crippen LogP contribution in [0.4, 0.5) is 0 Å². The number of nitrogens with zero attached hydrogens (tertiary/aromatic N) is 2. The van der Waals surface area contributed by atoms with Crippen molar-refractivity contribution < 1.29 is 4.42 Å². The topological polar surface area (TPSA) is 56.0 Å². The quantitative estimate of drug-likeness (QED) is 0.535. The van der Waals surface area contributed by atoms with E-state index in [4.69, 9.17) is 4.42 Å². The van der Waals surface area contributed by atoms with Gasteiger partial charge in [0.1, 0.15) is 5.58 Å². The third-order valence-corrected chi connectivity index (χ3v) is 2.59. The molecule has 0 aliphatic heterocycles. The van der Waals surface area contributed by atoms with Crippen LogP contribution in [0.2, 0.25) is 0 Å². The van der Waals surface area contributed by atoms with Crippen LogP contribution in [0.1, 0.15) is 5.69 Å². The van der Waals surface area contributed by atoms with Crippen LogP contribution < -0.4 is 5.76 Å². The van der Waals surface area contributed by atoms with Gasteiger partial charge in [0.25, 0.3) is 0 Å². The van der Waals surface area contributed by atoms with E-state index in [0.717, 1.165) is 16.2 Å². The smallest absolute Gasteiger partial charge is 0.408 e. The molecule has 4 nitrogen and oxygen atoms in total. The first-order valence-electron chi connectivity index (χ1n) is 4.89. The van der Waals surface area contributed by atoms with Crippen LogP contribution >= 0.6 is 0 Å². The number of hydrogen-bond acceptors (Lipinski definition) is 4. The monoisotopic (exact) mass is 212 g/mol. The molecule has 0 atom stereocenters. The van der Waals surface area contributed by atoms with E-state index in [9.17, 15) is 4.79 Å². The summed E-state index contributed by atoms with van der Waals surface area (Å²) in [6, 6.07) is 5.69. The maximum absolute atomic E-state index is 11.1. The minimum Gasteiger partial charge on any atom is -0.408 e. The van der Waals surface area contributed by atoms with Crippen LogP contribution in [0, 0.1) is 6.92 Å². The second-order valence-electron chi connectivity index (χ2n) is 3.64. The maximum Gasteiger partial charge on any atom is 0.439 e. The van der Waals surface area contributed by atoms with Crippen molar-refractivity contribution in [2.75, 3.05) is 0 Å². The third-order valence-electron chi connectivity index (χ3n) is 2.59. The number of aryl methyl sites for hydroxylation is 1. The van der Waals surface area contributed by atoms with Crippen molar-refractivity contribution >= 4 is 21.7 Å². The van der Waals surface area contributed by atoms with Gasteiger partial charge in [-0.3, -0.25) is 4.98 Å². The van der Waals surface area contributed by atoms with E-state index in [-0.39, 0.29) is 0 Å². The average molecular weight is 212 g/mol. The molecule has 0 unspecified atom stereocenters. The fourth-order valence-corrected chi connectivity index (χ4v) is 1.80. The summed E-state index contributed by atoms with van der Waals surface area (Å²) in [5.74, 6) is -0.562. The highest BCUT2D eigenvalue weighted by Gasteiger charge is 2.04. The number of hydrogen-bond donors (Lipinski definition) is 0. The highest BCUT2D eigenvalue weighted by Crippen LogP contribution is 2.22. The SMILES string of the molecule is Cc1nc(=O)oc2cc3cnccc3cc12. The Morgan fingerprint density at radius 3 is 3.00 bits per heavy atom. The van der Waals surface area contributed by atoms with Gasteiger partial charge in [-0.25, -0.2) is 4.79 Å². The molecule has 0 fully saturated rings. The lowest BCUT2D eigenvalue weighted by Crippen LogP contribution is -2.05. The molecule has 2 heterocycles. The van der Waals surface area contributed by atoms with E-state index < -0.39 is 5.76 Å². The fourth-order valence-electron chi connectivity index (χ4n) is 1.80. The van der Waals surface area contributed by atoms with Gasteiger partial charge in [-0.1, -0.05) is 0 Å². The Morgan fingerprint density at radius 1 is 1.25 bits per heavy atom. The summed E-state index contributed by atoms with van der Waals surface area (Å²) in [6.45, 7) is 1.80. The second-order valence-corrected chi connectivity index (χ2v) is 3.64. The Hall–Kier alpha value is -2.23. The molecule has 2 aromatic heterocycles. The van der Waals surface area contributed by atoms with E-state index in [1.54, 1.807) is 19.3 Å². The van der Waals surface area contributed by atoms with Crippen LogP contribution in [0.5, 0.6) is 0 Å². The Bertz CT molecular complexity index is 747. The highest BCUT2D eigenvalue weighted by molar-refractivity contribution is 5.95. The van der Waals surface area contributed by atoms with Gasteiger partial charge in [-0.15, -0.1) is 0 Å². The summed E-state index contributed by atoms with van der Waals surface area (Å²) < 4.78 is 5.06. The zero-order chi connectivity index (χ0) is 11.1. The third kappa shape index (κ3) is 1.27. The van der Waals surface area contributed by atoms with E-state index in [0.29, 0.717) is 11.3 Å². The van der Waals surface area contributed by atoms with Gasteiger partial charge in [0.2, 0.25) is 0 Å². The highest BCUT2D eigenvalue weighted by atomic mass is 16.4. The molecule has 16 heavy (non-hydrogen) atoms. The summed E-state index contributed by atoms with van der Waals surface area (Å²) in [4.78, 5) is 18.9. The van der Waals surface area contributed by atoms with E-state index in [1.807, 2.05) is 18.2 Å². The summed E-state index contributed by atoms with van der Waals surface area (Å²) >= 11 is 0. The molecule has 0 aliphatic carbocycles. The molecule has 0 aliphatic rings. The molecule has 0 radical (unpaired) electrons. The maximum atomic E-state index is 11.1. The first-order chi connectivity index (χ1) is 7.74. The fraction of sp³-hybridized carbons (Fsp3) is 0.0833. The van der Waals surface area contributed by atoms with E-state index >= 15 is 0 Å². The normalized spacial score (nSPS) is 11.1. The zero-order valence-corrected chi connectivity index (χ0v) is 8.60. The minimum absolute atomic E-state index is 0.554. The van der Waals surface area contributed by atoms with Gasteiger partial charge >= 0.3 is 5.76 Å². The van der Waals surface area contributed by atoms with Crippen LogP contribution in [-0.2, 0) is 0 Å². The van der Waals surface area contributed by atoms with Gasteiger partial charge in [0, 0.05) is 23.2 Å². The molecule has 3 rings (SSSR count). The predicted molar refractivity (Wildman–Crippen MR) is 60.3 cm³/mol. The largest absolute Gasteiger partial charge is 0.439 e. The summed E-state index contributed by atoms with van der Waals surface area (Å²) in [6.07, 6.45) is 3.47. The van der Waals surface area contributed by atoms with E-state index in [2.05, 4.69) is 9.97 Å². The van der Waals surface area contributed by atoms with Crippen LogP contribution in [0.25, 0.3) is 21.7 Å². The molecule has 0 spiro atoms.